The van der Waals surface area contributed by atoms with Crippen LogP contribution in [0, 0.1) is 12.8 Å². The average molecular weight is 287 g/mol. The second-order valence-corrected chi connectivity index (χ2v) is 5.77. The quantitative estimate of drug-likeness (QED) is 0.914. The zero-order valence-electron chi connectivity index (χ0n) is 12.3. The van der Waals surface area contributed by atoms with Gasteiger partial charge in [-0.15, -0.1) is 10.2 Å². The first kappa shape index (κ1) is 14.2. The van der Waals surface area contributed by atoms with Gasteiger partial charge in [0.15, 0.2) is 0 Å². The van der Waals surface area contributed by atoms with Gasteiger partial charge in [0.1, 0.15) is 0 Å². The Labute approximate surface area is 124 Å². The van der Waals surface area contributed by atoms with E-state index < -0.39 is 0 Å². The molecule has 2 heterocycles. The normalized spacial score (nSPS) is 19.2. The Morgan fingerprint density at radius 1 is 1.38 bits per heavy atom. The lowest BCUT2D eigenvalue weighted by atomic mass is 10.1. The van der Waals surface area contributed by atoms with Crippen LogP contribution in [-0.4, -0.2) is 39.9 Å². The largest absolute Gasteiger partial charge is 0.419 e. The fourth-order valence-electron chi connectivity index (χ4n) is 2.88. The first-order valence-corrected chi connectivity index (χ1v) is 7.47. The van der Waals surface area contributed by atoms with E-state index in [4.69, 9.17) is 9.52 Å². The Morgan fingerprint density at radius 3 is 3.10 bits per heavy atom. The van der Waals surface area contributed by atoms with Gasteiger partial charge >= 0.3 is 0 Å². The maximum absolute atomic E-state index is 9.00. The van der Waals surface area contributed by atoms with Crippen LogP contribution in [0.3, 0.4) is 0 Å². The van der Waals surface area contributed by atoms with E-state index in [-0.39, 0.29) is 6.61 Å². The van der Waals surface area contributed by atoms with E-state index in [1.165, 1.54) is 5.56 Å². The molecule has 0 bridgehead atoms. The minimum atomic E-state index is 0.274. The van der Waals surface area contributed by atoms with Gasteiger partial charge in [0.2, 0.25) is 11.8 Å². The van der Waals surface area contributed by atoms with Crippen molar-refractivity contribution in [2.45, 2.75) is 26.3 Å². The minimum Gasteiger partial charge on any atom is -0.419 e. The number of nitrogens with zero attached hydrogens (tertiary/aromatic N) is 3. The molecule has 0 amide bonds. The van der Waals surface area contributed by atoms with Crippen molar-refractivity contribution in [3.63, 3.8) is 0 Å². The van der Waals surface area contributed by atoms with Crippen LogP contribution in [0.15, 0.2) is 28.7 Å². The lowest BCUT2D eigenvalue weighted by Gasteiger charge is -2.12. The lowest BCUT2D eigenvalue weighted by Crippen LogP contribution is -2.20. The summed E-state index contributed by atoms with van der Waals surface area (Å²) in [5.74, 6) is 1.84. The SMILES string of the molecule is Cc1cccc(-c2nnc(CN3CCC(CCO)C3)o2)c1. The van der Waals surface area contributed by atoms with E-state index in [9.17, 15) is 0 Å². The third-order valence-corrected chi connectivity index (χ3v) is 4.00. The predicted molar refractivity (Wildman–Crippen MR) is 79.6 cm³/mol. The molecule has 0 aliphatic carbocycles. The summed E-state index contributed by atoms with van der Waals surface area (Å²) in [5, 5.41) is 17.3. The van der Waals surface area contributed by atoms with Crippen LogP contribution in [0.1, 0.15) is 24.3 Å². The zero-order chi connectivity index (χ0) is 14.7. The first-order chi connectivity index (χ1) is 10.2. The van der Waals surface area contributed by atoms with Crippen molar-refractivity contribution in [3.8, 4) is 11.5 Å². The molecule has 1 atom stereocenters. The Balaban J connectivity index is 1.63. The van der Waals surface area contributed by atoms with Gasteiger partial charge in [-0.05, 0) is 44.4 Å². The number of hydrogen-bond acceptors (Lipinski definition) is 5. The molecule has 3 rings (SSSR count). The molecule has 5 heteroatoms. The van der Waals surface area contributed by atoms with Crippen LogP contribution in [-0.2, 0) is 6.54 Å². The molecule has 0 radical (unpaired) electrons. The molecule has 2 aromatic rings. The monoisotopic (exact) mass is 287 g/mol. The predicted octanol–water partition coefficient (Wildman–Crippen LogP) is 2.25. The van der Waals surface area contributed by atoms with Crippen LogP contribution >= 0.6 is 0 Å². The van der Waals surface area contributed by atoms with E-state index in [1.54, 1.807) is 0 Å². The second kappa shape index (κ2) is 6.37. The standard InChI is InChI=1S/C16H21N3O2/c1-12-3-2-4-14(9-12)16-18-17-15(21-16)11-19-7-5-13(10-19)6-8-20/h2-4,9,13,20H,5-8,10-11H2,1H3. The van der Waals surface area contributed by atoms with Gasteiger partial charge in [0.25, 0.3) is 0 Å². The van der Waals surface area contributed by atoms with E-state index in [1.807, 2.05) is 31.2 Å². The van der Waals surface area contributed by atoms with Crippen molar-refractivity contribution >= 4 is 0 Å². The van der Waals surface area contributed by atoms with Gasteiger partial charge in [0, 0.05) is 18.7 Å². The molecule has 1 N–H and O–H groups in total. The van der Waals surface area contributed by atoms with Crippen LogP contribution in [0.5, 0.6) is 0 Å². The summed E-state index contributed by atoms with van der Waals surface area (Å²) < 4.78 is 5.77. The molecular formula is C16H21N3O2. The molecule has 5 nitrogen and oxygen atoms in total. The van der Waals surface area contributed by atoms with Crippen LogP contribution in [0.25, 0.3) is 11.5 Å². The molecule has 1 aliphatic heterocycles. The first-order valence-electron chi connectivity index (χ1n) is 7.47. The van der Waals surface area contributed by atoms with E-state index in [0.717, 1.165) is 31.5 Å². The smallest absolute Gasteiger partial charge is 0.247 e. The zero-order valence-corrected chi connectivity index (χ0v) is 12.3. The van der Waals surface area contributed by atoms with Crippen molar-refractivity contribution in [3.05, 3.63) is 35.7 Å². The van der Waals surface area contributed by atoms with Crippen molar-refractivity contribution in [2.24, 2.45) is 5.92 Å². The topological polar surface area (TPSA) is 62.4 Å². The fraction of sp³-hybridized carbons (Fsp3) is 0.500. The van der Waals surface area contributed by atoms with Crippen molar-refractivity contribution < 1.29 is 9.52 Å². The van der Waals surface area contributed by atoms with Crippen molar-refractivity contribution in [2.75, 3.05) is 19.7 Å². The maximum atomic E-state index is 9.00. The fourth-order valence-corrected chi connectivity index (χ4v) is 2.88. The summed E-state index contributed by atoms with van der Waals surface area (Å²) in [7, 11) is 0. The van der Waals surface area contributed by atoms with Crippen LogP contribution in [0.4, 0.5) is 0 Å². The molecule has 1 aromatic carbocycles. The van der Waals surface area contributed by atoms with Gasteiger partial charge in [-0.3, -0.25) is 4.90 Å². The van der Waals surface area contributed by atoms with Gasteiger partial charge in [-0.1, -0.05) is 17.7 Å². The van der Waals surface area contributed by atoms with Gasteiger partial charge in [-0.2, -0.15) is 0 Å². The molecule has 1 aromatic heterocycles. The number of hydrogen-bond donors (Lipinski definition) is 1. The number of aliphatic hydroxyl groups excluding tert-OH is 1. The Morgan fingerprint density at radius 2 is 2.29 bits per heavy atom. The summed E-state index contributed by atoms with van der Waals surface area (Å²) in [6.07, 6.45) is 2.02. The Kier molecular flexibility index (Phi) is 4.31. The highest BCUT2D eigenvalue weighted by molar-refractivity contribution is 5.53. The number of aromatic nitrogens is 2. The highest BCUT2D eigenvalue weighted by Gasteiger charge is 2.23. The highest BCUT2D eigenvalue weighted by atomic mass is 16.4. The van der Waals surface area contributed by atoms with Crippen molar-refractivity contribution in [1.29, 1.82) is 0 Å². The van der Waals surface area contributed by atoms with Gasteiger partial charge < -0.3 is 9.52 Å². The average Bonchev–Trinajstić information content (AvgIpc) is 3.10. The highest BCUT2D eigenvalue weighted by Crippen LogP contribution is 2.23. The van der Waals surface area contributed by atoms with Crippen LogP contribution in [0.2, 0.25) is 0 Å². The van der Waals surface area contributed by atoms with E-state index in [2.05, 4.69) is 15.1 Å². The molecule has 0 spiro atoms. The summed E-state index contributed by atoms with van der Waals surface area (Å²) in [6.45, 7) is 5.05. The molecule has 21 heavy (non-hydrogen) atoms. The third kappa shape index (κ3) is 3.49. The number of benzene rings is 1. The van der Waals surface area contributed by atoms with E-state index >= 15 is 0 Å². The minimum absolute atomic E-state index is 0.274. The molecule has 1 unspecified atom stereocenters. The van der Waals surface area contributed by atoms with Crippen molar-refractivity contribution in [1.82, 2.24) is 15.1 Å². The molecule has 1 fully saturated rings. The van der Waals surface area contributed by atoms with Gasteiger partial charge in [0.05, 0.1) is 6.54 Å². The molecule has 1 saturated heterocycles. The summed E-state index contributed by atoms with van der Waals surface area (Å²) in [6, 6.07) is 8.07. The van der Waals surface area contributed by atoms with E-state index in [0.29, 0.717) is 24.2 Å². The summed E-state index contributed by atoms with van der Waals surface area (Å²) in [5.41, 5.74) is 2.15. The molecule has 1 aliphatic rings. The number of likely N-dealkylation sites (tertiary alicyclic amines) is 1. The third-order valence-electron chi connectivity index (χ3n) is 4.00. The molecule has 112 valence electrons. The van der Waals surface area contributed by atoms with Gasteiger partial charge in [-0.25, -0.2) is 0 Å². The Hall–Kier alpha value is -1.72. The summed E-state index contributed by atoms with van der Waals surface area (Å²) in [4.78, 5) is 2.31. The summed E-state index contributed by atoms with van der Waals surface area (Å²) >= 11 is 0. The Bertz CT molecular complexity index is 597. The molecule has 0 saturated carbocycles. The maximum Gasteiger partial charge on any atom is 0.247 e. The van der Waals surface area contributed by atoms with Crippen LogP contribution < -0.4 is 0 Å². The molecular weight excluding hydrogens is 266 g/mol. The second-order valence-electron chi connectivity index (χ2n) is 5.77. The lowest BCUT2D eigenvalue weighted by molar-refractivity contribution is 0.243. The number of rotatable bonds is 5. The number of aliphatic hydroxyl groups is 1. The number of aryl methyl sites for hydroxylation is 1.